The zero-order chi connectivity index (χ0) is 13.0. The number of rotatable bonds is 4. The van der Waals surface area contributed by atoms with Crippen molar-refractivity contribution in [3.05, 3.63) is 32.8 Å². The van der Waals surface area contributed by atoms with E-state index in [1.807, 2.05) is 0 Å². The van der Waals surface area contributed by atoms with Gasteiger partial charge in [-0.1, -0.05) is 15.9 Å². The molecule has 0 amide bonds. The van der Waals surface area contributed by atoms with Crippen molar-refractivity contribution in [1.29, 1.82) is 0 Å². The lowest BCUT2D eigenvalue weighted by atomic mass is 10.2. The van der Waals surface area contributed by atoms with Crippen LogP contribution in [0.2, 0.25) is 0 Å². The fraction of sp³-hybridized carbons (Fsp3) is 0.300. The zero-order valence-corrected chi connectivity index (χ0v) is 10.9. The molecule has 1 N–H and O–H groups in total. The van der Waals surface area contributed by atoms with Gasteiger partial charge in [0.2, 0.25) is 0 Å². The van der Waals surface area contributed by atoms with Crippen LogP contribution in [-0.4, -0.2) is 24.0 Å². The summed E-state index contributed by atoms with van der Waals surface area (Å²) in [6, 6.07) is 3.80. The maximum absolute atomic E-state index is 11.2. The molecular weight excluding hydrogens is 292 g/mol. The lowest BCUT2D eigenvalue weighted by Crippen LogP contribution is -2.27. The van der Waals surface area contributed by atoms with Crippen LogP contribution in [0.3, 0.4) is 0 Å². The number of anilines is 1. The molecule has 0 radical (unpaired) electrons. The Balaban J connectivity index is 3.00. The largest absolute Gasteiger partial charge is 0.467 e. The minimum atomic E-state index is -0.659. The second kappa shape index (κ2) is 5.62. The van der Waals surface area contributed by atoms with Gasteiger partial charge in [0.05, 0.1) is 12.0 Å². The van der Waals surface area contributed by atoms with Crippen LogP contribution >= 0.6 is 15.9 Å². The molecule has 7 heteroatoms. The number of methoxy groups -OCH3 is 1. The first-order chi connectivity index (χ1) is 7.95. The van der Waals surface area contributed by atoms with E-state index in [0.717, 1.165) is 0 Å². The Morgan fingerprint density at radius 3 is 2.76 bits per heavy atom. The molecule has 0 saturated heterocycles. The van der Waals surface area contributed by atoms with Gasteiger partial charge in [-0.15, -0.1) is 0 Å². The van der Waals surface area contributed by atoms with Gasteiger partial charge in [-0.3, -0.25) is 10.1 Å². The Morgan fingerprint density at radius 2 is 2.24 bits per heavy atom. The van der Waals surface area contributed by atoms with Gasteiger partial charge in [-0.05, 0) is 19.1 Å². The van der Waals surface area contributed by atoms with Crippen molar-refractivity contribution >= 4 is 33.3 Å². The molecule has 6 nitrogen and oxygen atoms in total. The number of hydrogen-bond donors (Lipinski definition) is 1. The van der Waals surface area contributed by atoms with Crippen molar-refractivity contribution in [2.75, 3.05) is 12.4 Å². The van der Waals surface area contributed by atoms with E-state index in [0.29, 0.717) is 4.47 Å². The van der Waals surface area contributed by atoms with E-state index in [9.17, 15) is 14.9 Å². The van der Waals surface area contributed by atoms with Gasteiger partial charge in [0, 0.05) is 10.5 Å². The Labute approximate surface area is 106 Å². The third-order valence-electron chi connectivity index (χ3n) is 2.08. The summed E-state index contributed by atoms with van der Waals surface area (Å²) in [4.78, 5) is 21.5. The first-order valence-corrected chi connectivity index (χ1v) is 5.53. The van der Waals surface area contributed by atoms with E-state index in [2.05, 4.69) is 26.0 Å². The number of esters is 1. The fourth-order valence-corrected chi connectivity index (χ4v) is 1.61. The second-order valence-corrected chi connectivity index (χ2v) is 4.22. The molecular formula is C10H11BrN2O4. The molecule has 0 spiro atoms. The lowest BCUT2D eigenvalue weighted by molar-refractivity contribution is -0.384. The lowest BCUT2D eigenvalue weighted by Gasteiger charge is -2.13. The zero-order valence-electron chi connectivity index (χ0n) is 9.27. The molecule has 0 saturated carbocycles. The van der Waals surface area contributed by atoms with Crippen LogP contribution in [0.15, 0.2) is 22.7 Å². The van der Waals surface area contributed by atoms with Crippen molar-refractivity contribution in [1.82, 2.24) is 0 Å². The van der Waals surface area contributed by atoms with E-state index in [1.165, 1.54) is 19.2 Å². The normalized spacial score (nSPS) is 11.7. The second-order valence-electron chi connectivity index (χ2n) is 3.31. The van der Waals surface area contributed by atoms with E-state index in [4.69, 9.17) is 0 Å². The number of nitro groups is 1. The topological polar surface area (TPSA) is 81.5 Å². The average Bonchev–Trinajstić information content (AvgIpc) is 2.27. The molecule has 1 atom stereocenters. The maximum Gasteiger partial charge on any atom is 0.327 e. The monoisotopic (exact) mass is 302 g/mol. The summed E-state index contributed by atoms with van der Waals surface area (Å²) >= 11 is 3.21. The quantitative estimate of drug-likeness (QED) is 0.524. The number of carbonyl (C=O) groups is 1. The number of carbonyl (C=O) groups excluding carboxylic acids is 1. The Hall–Kier alpha value is -1.63. The van der Waals surface area contributed by atoms with Gasteiger partial charge >= 0.3 is 5.97 Å². The summed E-state index contributed by atoms with van der Waals surface area (Å²) in [6.07, 6.45) is 0. The molecule has 1 aromatic carbocycles. The maximum atomic E-state index is 11.2. The van der Waals surface area contributed by atoms with Crippen molar-refractivity contribution in [2.45, 2.75) is 13.0 Å². The summed E-state index contributed by atoms with van der Waals surface area (Å²) in [5, 5.41) is 13.5. The molecule has 0 aliphatic heterocycles. The summed E-state index contributed by atoms with van der Waals surface area (Å²) in [5.41, 5.74) is 0.172. The van der Waals surface area contributed by atoms with Crippen LogP contribution in [0.25, 0.3) is 0 Å². The minimum absolute atomic E-state index is 0.0936. The summed E-state index contributed by atoms with van der Waals surface area (Å²) in [7, 11) is 1.26. The van der Waals surface area contributed by atoms with Crippen LogP contribution in [-0.2, 0) is 9.53 Å². The highest BCUT2D eigenvalue weighted by molar-refractivity contribution is 9.10. The standard InChI is InChI=1S/C10H11BrN2O4/c1-6(10(14)17-2)12-8-5-7(11)3-4-9(8)13(15)16/h3-6,12H,1-2H3/t6-/m1/s1. The minimum Gasteiger partial charge on any atom is -0.467 e. The molecule has 0 unspecified atom stereocenters. The number of hydrogen-bond acceptors (Lipinski definition) is 5. The molecule has 17 heavy (non-hydrogen) atoms. The van der Waals surface area contributed by atoms with Gasteiger partial charge in [0.1, 0.15) is 11.7 Å². The number of nitrogens with zero attached hydrogens (tertiary/aromatic N) is 1. The molecule has 0 heterocycles. The predicted octanol–water partition coefficient (Wildman–Crippen LogP) is 2.33. The number of benzene rings is 1. The van der Waals surface area contributed by atoms with E-state index in [1.54, 1.807) is 13.0 Å². The van der Waals surface area contributed by atoms with Crippen LogP contribution < -0.4 is 5.32 Å². The van der Waals surface area contributed by atoms with Crippen molar-refractivity contribution in [3.8, 4) is 0 Å². The highest BCUT2D eigenvalue weighted by Crippen LogP contribution is 2.28. The molecule has 92 valence electrons. The summed E-state index contributed by atoms with van der Waals surface area (Å²) in [6.45, 7) is 1.57. The fourth-order valence-electron chi connectivity index (χ4n) is 1.25. The van der Waals surface area contributed by atoms with E-state index >= 15 is 0 Å². The van der Waals surface area contributed by atoms with Crippen molar-refractivity contribution in [2.24, 2.45) is 0 Å². The van der Waals surface area contributed by atoms with Crippen LogP contribution in [0.1, 0.15) is 6.92 Å². The van der Waals surface area contributed by atoms with E-state index < -0.39 is 16.9 Å². The van der Waals surface area contributed by atoms with Gasteiger partial charge in [-0.2, -0.15) is 0 Å². The molecule has 0 aromatic heterocycles. The molecule has 0 fully saturated rings. The molecule has 0 bridgehead atoms. The Kier molecular flexibility index (Phi) is 4.45. The number of nitrogens with one attached hydrogen (secondary N) is 1. The highest BCUT2D eigenvalue weighted by Gasteiger charge is 2.19. The average molecular weight is 303 g/mol. The van der Waals surface area contributed by atoms with E-state index in [-0.39, 0.29) is 11.4 Å². The molecule has 1 aromatic rings. The summed E-state index contributed by atoms with van der Waals surface area (Å²) < 4.78 is 5.21. The van der Waals surface area contributed by atoms with Gasteiger partial charge < -0.3 is 10.1 Å². The van der Waals surface area contributed by atoms with Gasteiger partial charge in [0.15, 0.2) is 0 Å². The number of ether oxygens (including phenoxy) is 1. The smallest absolute Gasteiger partial charge is 0.327 e. The molecule has 0 aliphatic rings. The van der Waals surface area contributed by atoms with Crippen molar-refractivity contribution in [3.63, 3.8) is 0 Å². The number of nitro benzene ring substituents is 1. The third-order valence-corrected chi connectivity index (χ3v) is 2.58. The van der Waals surface area contributed by atoms with Crippen LogP contribution in [0.5, 0.6) is 0 Å². The number of halogens is 1. The highest BCUT2D eigenvalue weighted by atomic mass is 79.9. The Morgan fingerprint density at radius 1 is 1.59 bits per heavy atom. The summed E-state index contributed by atoms with van der Waals surface area (Å²) in [5.74, 6) is -0.487. The molecule has 0 aliphatic carbocycles. The van der Waals surface area contributed by atoms with Crippen molar-refractivity contribution < 1.29 is 14.5 Å². The Bertz CT molecular complexity index is 450. The third kappa shape index (κ3) is 3.42. The molecule has 1 rings (SSSR count). The van der Waals surface area contributed by atoms with Crippen LogP contribution in [0, 0.1) is 10.1 Å². The first-order valence-electron chi connectivity index (χ1n) is 4.74. The first kappa shape index (κ1) is 13.4. The van der Waals surface area contributed by atoms with Gasteiger partial charge in [0.25, 0.3) is 5.69 Å². The van der Waals surface area contributed by atoms with Crippen LogP contribution in [0.4, 0.5) is 11.4 Å². The SMILES string of the molecule is COC(=O)[C@@H](C)Nc1cc(Br)ccc1[N+](=O)[O-]. The van der Waals surface area contributed by atoms with Gasteiger partial charge in [-0.25, -0.2) is 4.79 Å². The predicted molar refractivity (Wildman–Crippen MR) is 65.9 cm³/mol.